The Morgan fingerprint density at radius 1 is 1.21 bits per heavy atom. The van der Waals surface area contributed by atoms with Crippen LogP contribution in [0.4, 0.5) is 5.69 Å². The molecule has 128 valence electrons. The monoisotopic (exact) mass is 347 g/mol. The summed E-state index contributed by atoms with van der Waals surface area (Å²) in [5.74, 6) is 0.999. The van der Waals surface area contributed by atoms with Gasteiger partial charge in [0.25, 0.3) is 0 Å². The van der Waals surface area contributed by atoms with Gasteiger partial charge in [0.15, 0.2) is 0 Å². The molecule has 5 nitrogen and oxygen atoms in total. The molecule has 1 fully saturated rings. The first kappa shape index (κ1) is 17.0. The van der Waals surface area contributed by atoms with E-state index in [-0.39, 0.29) is 5.91 Å². The van der Waals surface area contributed by atoms with Crippen molar-refractivity contribution in [3.05, 3.63) is 52.9 Å². The van der Waals surface area contributed by atoms with E-state index in [4.69, 9.17) is 16.0 Å². The molecule has 6 heteroatoms. The average Bonchev–Trinajstić information content (AvgIpc) is 3.05. The largest absolute Gasteiger partial charge is 0.468 e. The Morgan fingerprint density at radius 2 is 1.96 bits per heavy atom. The van der Waals surface area contributed by atoms with Gasteiger partial charge in [0.05, 0.1) is 19.4 Å². The van der Waals surface area contributed by atoms with Crippen LogP contribution in [0.2, 0.25) is 5.02 Å². The molecule has 0 aliphatic carbocycles. The molecule has 24 heavy (non-hydrogen) atoms. The molecule has 2 aromatic rings. The second-order valence-corrected chi connectivity index (χ2v) is 6.58. The number of aryl methyl sites for hydroxylation is 1. The van der Waals surface area contributed by atoms with Crippen molar-refractivity contribution < 1.29 is 9.21 Å². The third-order valence-electron chi connectivity index (χ3n) is 4.25. The van der Waals surface area contributed by atoms with E-state index in [1.54, 1.807) is 12.3 Å². The quantitative estimate of drug-likeness (QED) is 0.903. The van der Waals surface area contributed by atoms with E-state index >= 15 is 0 Å². The minimum absolute atomic E-state index is 0.0138. The van der Waals surface area contributed by atoms with Crippen LogP contribution in [-0.4, -0.2) is 48.4 Å². The van der Waals surface area contributed by atoms with E-state index in [9.17, 15) is 4.79 Å². The zero-order chi connectivity index (χ0) is 16.9. The maximum absolute atomic E-state index is 12.2. The van der Waals surface area contributed by atoms with Crippen molar-refractivity contribution in [3.8, 4) is 0 Å². The minimum Gasteiger partial charge on any atom is -0.468 e. The summed E-state index contributed by atoms with van der Waals surface area (Å²) in [5, 5.41) is 3.64. The van der Waals surface area contributed by atoms with Gasteiger partial charge in [0, 0.05) is 36.9 Å². The SMILES string of the molecule is Cc1cc(Cl)ccc1NC(=O)CN1CCN(Cc2ccco2)CC1. The average molecular weight is 348 g/mol. The summed E-state index contributed by atoms with van der Waals surface area (Å²) in [6, 6.07) is 9.39. The first-order valence-corrected chi connectivity index (χ1v) is 8.51. The van der Waals surface area contributed by atoms with Gasteiger partial charge in [-0.1, -0.05) is 11.6 Å². The summed E-state index contributed by atoms with van der Waals surface area (Å²) in [5.41, 5.74) is 1.79. The van der Waals surface area contributed by atoms with Crippen LogP contribution in [0.5, 0.6) is 0 Å². The number of nitrogens with zero attached hydrogens (tertiary/aromatic N) is 2. The molecule has 1 aromatic heterocycles. The highest BCUT2D eigenvalue weighted by Gasteiger charge is 2.19. The second kappa shape index (κ2) is 7.83. The van der Waals surface area contributed by atoms with Gasteiger partial charge in [0.1, 0.15) is 5.76 Å². The summed E-state index contributed by atoms with van der Waals surface area (Å²) in [6.45, 7) is 6.83. The number of halogens is 1. The van der Waals surface area contributed by atoms with Gasteiger partial charge >= 0.3 is 0 Å². The van der Waals surface area contributed by atoms with E-state index in [0.29, 0.717) is 11.6 Å². The Hall–Kier alpha value is -1.82. The van der Waals surface area contributed by atoms with Crippen LogP contribution in [0.15, 0.2) is 41.0 Å². The van der Waals surface area contributed by atoms with E-state index < -0.39 is 0 Å². The number of furan rings is 1. The molecule has 1 N–H and O–H groups in total. The smallest absolute Gasteiger partial charge is 0.238 e. The van der Waals surface area contributed by atoms with E-state index in [0.717, 1.165) is 49.7 Å². The summed E-state index contributed by atoms with van der Waals surface area (Å²) in [6.07, 6.45) is 1.70. The standard InChI is InChI=1S/C18H22ClN3O2/c1-14-11-15(19)4-5-17(14)20-18(23)13-22-8-6-21(7-9-22)12-16-3-2-10-24-16/h2-5,10-11H,6-9,12-13H2,1H3,(H,20,23). The molecule has 1 aromatic carbocycles. The number of carbonyl (C=O) groups is 1. The van der Waals surface area contributed by atoms with Crippen LogP contribution in [-0.2, 0) is 11.3 Å². The van der Waals surface area contributed by atoms with Crippen LogP contribution in [0.25, 0.3) is 0 Å². The third kappa shape index (κ3) is 4.60. The molecule has 0 unspecified atom stereocenters. The summed E-state index contributed by atoms with van der Waals surface area (Å²) in [4.78, 5) is 16.8. The Morgan fingerprint density at radius 3 is 2.62 bits per heavy atom. The molecule has 0 atom stereocenters. The molecule has 2 heterocycles. The lowest BCUT2D eigenvalue weighted by atomic mass is 10.2. The molecule has 1 aliphatic rings. The van der Waals surface area contributed by atoms with Crippen molar-refractivity contribution in [1.29, 1.82) is 0 Å². The van der Waals surface area contributed by atoms with Gasteiger partial charge in [-0.25, -0.2) is 0 Å². The fraction of sp³-hybridized carbons (Fsp3) is 0.389. The van der Waals surface area contributed by atoms with Gasteiger partial charge in [-0.3, -0.25) is 14.6 Å². The number of amides is 1. The number of piperazine rings is 1. The van der Waals surface area contributed by atoms with E-state index in [1.165, 1.54) is 0 Å². The molecular weight excluding hydrogens is 326 g/mol. The van der Waals surface area contributed by atoms with Crippen LogP contribution in [0.1, 0.15) is 11.3 Å². The van der Waals surface area contributed by atoms with Crippen molar-refractivity contribution in [2.75, 3.05) is 38.0 Å². The fourth-order valence-corrected chi connectivity index (χ4v) is 3.12. The van der Waals surface area contributed by atoms with Crippen molar-refractivity contribution in [3.63, 3.8) is 0 Å². The van der Waals surface area contributed by atoms with Gasteiger partial charge in [-0.2, -0.15) is 0 Å². The number of carbonyl (C=O) groups excluding carboxylic acids is 1. The lowest BCUT2D eigenvalue weighted by Gasteiger charge is -2.33. The zero-order valence-corrected chi connectivity index (χ0v) is 14.6. The van der Waals surface area contributed by atoms with Crippen LogP contribution in [0.3, 0.4) is 0 Å². The molecule has 0 saturated carbocycles. The normalized spacial score (nSPS) is 16.2. The number of benzene rings is 1. The topological polar surface area (TPSA) is 48.7 Å². The first-order chi connectivity index (χ1) is 11.6. The molecule has 0 spiro atoms. The number of nitrogens with one attached hydrogen (secondary N) is 1. The maximum atomic E-state index is 12.2. The number of anilines is 1. The fourth-order valence-electron chi connectivity index (χ4n) is 2.89. The predicted molar refractivity (Wildman–Crippen MR) is 95.2 cm³/mol. The van der Waals surface area contributed by atoms with Gasteiger partial charge in [-0.15, -0.1) is 0 Å². The highest BCUT2D eigenvalue weighted by Crippen LogP contribution is 2.19. The highest BCUT2D eigenvalue weighted by atomic mass is 35.5. The van der Waals surface area contributed by atoms with Crippen LogP contribution < -0.4 is 5.32 Å². The van der Waals surface area contributed by atoms with Crippen molar-refractivity contribution >= 4 is 23.2 Å². The van der Waals surface area contributed by atoms with Crippen LogP contribution in [0, 0.1) is 6.92 Å². The second-order valence-electron chi connectivity index (χ2n) is 6.14. The number of hydrogen-bond acceptors (Lipinski definition) is 4. The van der Waals surface area contributed by atoms with Crippen molar-refractivity contribution in [2.24, 2.45) is 0 Å². The molecular formula is C18H22ClN3O2. The van der Waals surface area contributed by atoms with Gasteiger partial charge in [-0.05, 0) is 42.8 Å². The summed E-state index contributed by atoms with van der Waals surface area (Å²) >= 11 is 5.94. The lowest BCUT2D eigenvalue weighted by molar-refractivity contribution is -0.117. The zero-order valence-electron chi connectivity index (χ0n) is 13.8. The van der Waals surface area contributed by atoms with Gasteiger partial charge < -0.3 is 9.73 Å². The first-order valence-electron chi connectivity index (χ1n) is 8.13. The van der Waals surface area contributed by atoms with Crippen molar-refractivity contribution in [2.45, 2.75) is 13.5 Å². The number of rotatable bonds is 5. The molecule has 0 radical (unpaired) electrons. The Labute approximate surface area is 147 Å². The maximum Gasteiger partial charge on any atom is 0.238 e. The third-order valence-corrected chi connectivity index (χ3v) is 4.49. The van der Waals surface area contributed by atoms with Crippen LogP contribution >= 0.6 is 11.6 Å². The molecule has 1 aliphatic heterocycles. The van der Waals surface area contributed by atoms with E-state index in [2.05, 4.69) is 15.1 Å². The Kier molecular flexibility index (Phi) is 5.56. The Balaban J connectivity index is 1.44. The van der Waals surface area contributed by atoms with Crippen molar-refractivity contribution in [1.82, 2.24) is 9.80 Å². The molecule has 1 amide bonds. The molecule has 3 rings (SSSR count). The van der Waals surface area contributed by atoms with E-state index in [1.807, 2.05) is 31.2 Å². The minimum atomic E-state index is 0.0138. The molecule has 1 saturated heterocycles. The summed E-state index contributed by atoms with van der Waals surface area (Å²) in [7, 11) is 0. The number of hydrogen-bond donors (Lipinski definition) is 1. The Bertz CT molecular complexity index is 680. The van der Waals surface area contributed by atoms with Gasteiger partial charge in [0.2, 0.25) is 5.91 Å². The molecule has 0 bridgehead atoms. The predicted octanol–water partition coefficient (Wildman–Crippen LogP) is 3.00. The lowest BCUT2D eigenvalue weighted by Crippen LogP contribution is -2.48. The highest BCUT2D eigenvalue weighted by molar-refractivity contribution is 6.30. The summed E-state index contributed by atoms with van der Waals surface area (Å²) < 4.78 is 5.38.